The van der Waals surface area contributed by atoms with E-state index in [0.717, 1.165) is 24.3 Å². The Morgan fingerprint density at radius 2 is 2.44 bits per heavy atom. The highest BCUT2D eigenvalue weighted by atomic mass is 15.1. The van der Waals surface area contributed by atoms with Gasteiger partial charge in [0.05, 0.1) is 0 Å². The fourth-order valence-electron chi connectivity index (χ4n) is 1.57. The lowest BCUT2D eigenvalue weighted by Gasteiger charge is -1.99. The van der Waals surface area contributed by atoms with E-state index >= 15 is 0 Å². The monoisotopic (exact) mass is 215 g/mol. The molecule has 2 aromatic rings. The Kier molecular flexibility index (Phi) is 3.03. The number of hydrogen-bond donors (Lipinski definition) is 2. The fraction of sp³-hybridized carbons (Fsp3) is 0.273. The highest BCUT2D eigenvalue weighted by molar-refractivity contribution is 5.28. The van der Waals surface area contributed by atoms with Gasteiger partial charge in [-0.05, 0) is 17.7 Å². The van der Waals surface area contributed by atoms with Crippen LogP contribution in [0.25, 0.3) is 0 Å². The first-order valence-electron chi connectivity index (χ1n) is 5.04. The summed E-state index contributed by atoms with van der Waals surface area (Å²) in [5, 5.41) is 18.8. The SMILES string of the molecule is Cn1cc(CNCc2ccn[nH]2)cc1C#N. The molecule has 0 bridgehead atoms. The summed E-state index contributed by atoms with van der Waals surface area (Å²) >= 11 is 0. The van der Waals surface area contributed by atoms with Crippen molar-refractivity contribution in [1.82, 2.24) is 20.1 Å². The van der Waals surface area contributed by atoms with Gasteiger partial charge in [-0.2, -0.15) is 10.4 Å². The molecule has 0 aliphatic rings. The lowest BCUT2D eigenvalue weighted by Crippen LogP contribution is -2.12. The predicted octanol–water partition coefficient (Wildman–Crippen LogP) is 0.910. The second kappa shape index (κ2) is 4.64. The average molecular weight is 215 g/mol. The number of nitriles is 1. The zero-order valence-corrected chi connectivity index (χ0v) is 9.07. The van der Waals surface area contributed by atoms with Crippen molar-refractivity contribution in [2.24, 2.45) is 7.05 Å². The third-order valence-electron chi connectivity index (χ3n) is 2.38. The molecule has 16 heavy (non-hydrogen) atoms. The van der Waals surface area contributed by atoms with Gasteiger partial charge >= 0.3 is 0 Å². The summed E-state index contributed by atoms with van der Waals surface area (Å²) < 4.78 is 1.83. The van der Waals surface area contributed by atoms with E-state index in [4.69, 9.17) is 5.26 Å². The smallest absolute Gasteiger partial charge is 0.120 e. The molecule has 5 heteroatoms. The molecule has 0 saturated heterocycles. The number of nitrogens with zero attached hydrogens (tertiary/aromatic N) is 3. The first-order chi connectivity index (χ1) is 7.79. The maximum atomic E-state index is 8.80. The lowest BCUT2D eigenvalue weighted by molar-refractivity contribution is 0.676. The third-order valence-corrected chi connectivity index (χ3v) is 2.38. The first-order valence-corrected chi connectivity index (χ1v) is 5.04. The normalized spacial score (nSPS) is 10.2. The molecule has 2 N–H and O–H groups in total. The van der Waals surface area contributed by atoms with Gasteiger partial charge in [0.15, 0.2) is 0 Å². The van der Waals surface area contributed by atoms with Gasteiger partial charge in [0, 0.05) is 38.2 Å². The van der Waals surface area contributed by atoms with Gasteiger partial charge < -0.3 is 9.88 Å². The van der Waals surface area contributed by atoms with E-state index in [1.54, 1.807) is 6.20 Å². The highest BCUT2D eigenvalue weighted by Gasteiger charge is 2.01. The standard InChI is InChI=1S/C11H13N5/c1-16-8-9(4-11(16)5-12)6-13-7-10-2-3-14-15-10/h2-4,8,13H,6-7H2,1H3,(H,14,15). The number of rotatable bonds is 4. The maximum Gasteiger partial charge on any atom is 0.120 e. The van der Waals surface area contributed by atoms with E-state index in [1.807, 2.05) is 29.9 Å². The average Bonchev–Trinajstić information content (AvgIpc) is 2.88. The van der Waals surface area contributed by atoms with Gasteiger partial charge in [0.1, 0.15) is 11.8 Å². The molecule has 0 unspecified atom stereocenters. The largest absolute Gasteiger partial charge is 0.342 e. The van der Waals surface area contributed by atoms with Crippen molar-refractivity contribution in [3.8, 4) is 6.07 Å². The fourth-order valence-corrected chi connectivity index (χ4v) is 1.57. The molecule has 0 aliphatic carbocycles. The molecule has 0 fully saturated rings. The number of nitrogens with one attached hydrogen (secondary N) is 2. The summed E-state index contributed by atoms with van der Waals surface area (Å²) in [6.45, 7) is 1.49. The molecule has 0 aliphatic heterocycles. The molecular formula is C11H13N5. The van der Waals surface area contributed by atoms with E-state index in [2.05, 4.69) is 21.6 Å². The number of aromatic amines is 1. The summed E-state index contributed by atoms with van der Waals surface area (Å²) in [6, 6.07) is 5.96. The molecule has 2 aromatic heterocycles. The van der Waals surface area contributed by atoms with Crippen LogP contribution in [0.5, 0.6) is 0 Å². The van der Waals surface area contributed by atoms with Crippen LogP contribution in [0.3, 0.4) is 0 Å². The van der Waals surface area contributed by atoms with Gasteiger partial charge in [0.25, 0.3) is 0 Å². The van der Waals surface area contributed by atoms with Gasteiger partial charge in [0.2, 0.25) is 0 Å². The highest BCUT2D eigenvalue weighted by Crippen LogP contribution is 2.05. The molecule has 2 heterocycles. The van der Waals surface area contributed by atoms with Crippen molar-refractivity contribution in [2.45, 2.75) is 13.1 Å². The van der Waals surface area contributed by atoms with Crippen molar-refractivity contribution >= 4 is 0 Å². The van der Waals surface area contributed by atoms with E-state index in [9.17, 15) is 0 Å². The summed E-state index contributed by atoms with van der Waals surface area (Å²) in [4.78, 5) is 0. The molecule has 0 aromatic carbocycles. The van der Waals surface area contributed by atoms with Crippen molar-refractivity contribution in [3.63, 3.8) is 0 Å². The van der Waals surface area contributed by atoms with Crippen LogP contribution in [0.1, 0.15) is 17.0 Å². The Morgan fingerprint density at radius 1 is 1.56 bits per heavy atom. The molecule has 2 rings (SSSR count). The van der Waals surface area contributed by atoms with Crippen LogP contribution in [-0.4, -0.2) is 14.8 Å². The van der Waals surface area contributed by atoms with Crippen molar-refractivity contribution in [3.05, 3.63) is 41.5 Å². The molecule has 0 saturated carbocycles. The Labute approximate surface area is 93.7 Å². The number of hydrogen-bond acceptors (Lipinski definition) is 3. The minimum Gasteiger partial charge on any atom is -0.342 e. The van der Waals surface area contributed by atoms with E-state index in [-0.39, 0.29) is 0 Å². The van der Waals surface area contributed by atoms with Crippen LogP contribution in [0.4, 0.5) is 0 Å². The van der Waals surface area contributed by atoms with Crippen LogP contribution in [-0.2, 0) is 20.1 Å². The lowest BCUT2D eigenvalue weighted by atomic mass is 10.3. The Hall–Kier alpha value is -2.06. The van der Waals surface area contributed by atoms with Crippen molar-refractivity contribution in [2.75, 3.05) is 0 Å². The van der Waals surface area contributed by atoms with Gasteiger partial charge in [-0.15, -0.1) is 0 Å². The Balaban J connectivity index is 1.88. The second-order valence-corrected chi connectivity index (χ2v) is 3.64. The second-order valence-electron chi connectivity index (χ2n) is 3.64. The summed E-state index contributed by atoms with van der Waals surface area (Å²) in [7, 11) is 1.87. The van der Waals surface area contributed by atoms with E-state index in [1.165, 1.54) is 0 Å². The van der Waals surface area contributed by atoms with Crippen molar-refractivity contribution < 1.29 is 0 Å². The topological polar surface area (TPSA) is 69.4 Å². The maximum absolute atomic E-state index is 8.80. The minimum atomic E-state index is 0.679. The zero-order valence-electron chi connectivity index (χ0n) is 9.07. The number of H-pyrrole nitrogens is 1. The van der Waals surface area contributed by atoms with E-state index < -0.39 is 0 Å². The van der Waals surface area contributed by atoms with Crippen LogP contribution in [0, 0.1) is 11.3 Å². The Bertz CT molecular complexity index is 489. The molecule has 0 amide bonds. The van der Waals surface area contributed by atoms with Gasteiger partial charge in [-0.25, -0.2) is 0 Å². The molecule has 5 nitrogen and oxygen atoms in total. The van der Waals surface area contributed by atoms with Crippen LogP contribution >= 0.6 is 0 Å². The van der Waals surface area contributed by atoms with E-state index in [0.29, 0.717) is 5.69 Å². The summed E-state index contributed by atoms with van der Waals surface area (Å²) in [5.74, 6) is 0. The van der Waals surface area contributed by atoms with Crippen LogP contribution < -0.4 is 5.32 Å². The zero-order chi connectivity index (χ0) is 11.4. The van der Waals surface area contributed by atoms with Crippen LogP contribution in [0.15, 0.2) is 24.5 Å². The van der Waals surface area contributed by atoms with Gasteiger partial charge in [-0.1, -0.05) is 0 Å². The van der Waals surface area contributed by atoms with Gasteiger partial charge in [-0.3, -0.25) is 5.10 Å². The third kappa shape index (κ3) is 2.30. The molecular weight excluding hydrogens is 202 g/mol. The molecule has 0 spiro atoms. The Morgan fingerprint density at radius 3 is 3.06 bits per heavy atom. The number of aromatic nitrogens is 3. The molecule has 82 valence electrons. The number of aryl methyl sites for hydroxylation is 1. The van der Waals surface area contributed by atoms with Crippen molar-refractivity contribution in [1.29, 1.82) is 5.26 Å². The predicted molar refractivity (Wildman–Crippen MR) is 59.3 cm³/mol. The first kappa shape index (κ1) is 10.5. The quantitative estimate of drug-likeness (QED) is 0.796. The molecule has 0 atom stereocenters. The summed E-state index contributed by atoms with van der Waals surface area (Å²) in [6.07, 6.45) is 3.69. The van der Waals surface area contributed by atoms with Crippen LogP contribution in [0.2, 0.25) is 0 Å². The summed E-state index contributed by atoms with van der Waals surface area (Å²) in [5.41, 5.74) is 2.84. The minimum absolute atomic E-state index is 0.679. The molecule has 0 radical (unpaired) electrons.